The van der Waals surface area contributed by atoms with E-state index in [-0.39, 0.29) is 0 Å². The maximum absolute atomic E-state index is 4.83. The fourth-order valence-corrected chi connectivity index (χ4v) is 2.95. The highest BCUT2D eigenvalue weighted by Crippen LogP contribution is 2.13. The first-order valence-electron chi connectivity index (χ1n) is 9.55. The normalized spacial score (nSPS) is 10.9. The summed E-state index contributed by atoms with van der Waals surface area (Å²) in [5, 5.41) is 0. The summed E-state index contributed by atoms with van der Waals surface area (Å²) in [5.74, 6) is 0. The number of hydrogen-bond donors (Lipinski definition) is 0. The van der Waals surface area contributed by atoms with Crippen LogP contribution in [-0.2, 0) is 4.74 Å². The molecule has 0 bridgehead atoms. The van der Waals surface area contributed by atoms with Gasteiger partial charge in [0.25, 0.3) is 0 Å². The molecule has 1 atom stereocenters. The van der Waals surface area contributed by atoms with Crippen molar-refractivity contribution >= 4 is 8.58 Å². The van der Waals surface area contributed by atoms with Crippen LogP contribution in [-0.4, -0.2) is 26.0 Å². The average Bonchev–Trinajstić information content (AvgIpc) is 2.50. The van der Waals surface area contributed by atoms with Crippen molar-refractivity contribution in [3.8, 4) is 0 Å². The first-order chi connectivity index (χ1) is 10.3. The van der Waals surface area contributed by atoms with Gasteiger partial charge in [0.15, 0.2) is 0 Å². The van der Waals surface area contributed by atoms with Crippen LogP contribution in [0.15, 0.2) is 0 Å². The molecule has 0 N–H and O–H groups in total. The molecule has 0 saturated carbocycles. The van der Waals surface area contributed by atoms with Crippen LogP contribution in [0.2, 0.25) is 0 Å². The van der Waals surface area contributed by atoms with Crippen LogP contribution in [0.4, 0.5) is 0 Å². The Labute approximate surface area is 137 Å². The van der Waals surface area contributed by atoms with Gasteiger partial charge in [0, 0.05) is 13.2 Å². The van der Waals surface area contributed by atoms with Crippen molar-refractivity contribution < 1.29 is 4.74 Å². The third kappa shape index (κ3) is 29.1. The molecular weight excluding hydrogens is 275 g/mol. The lowest BCUT2D eigenvalue weighted by molar-refractivity contribution is 0.162. The summed E-state index contributed by atoms with van der Waals surface area (Å²) in [6.07, 6.45) is 19.1. The van der Waals surface area contributed by atoms with Crippen molar-refractivity contribution in [1.29, 1.82) is 0 Å². The Kier molecular flexibility index (Phi) is 28.6. The minimum atomic E-state index is 0.844. The van der Waals surface area contributed by atoms with Crippen molar-refractivity contribution in [2.24, 2.45) is 0 Å². The molecule has 0 radical (unpaired) electrons. The van der Waals surface area contributed by atoms with E-state index in [1.54, 1.807) is 0 Å². The van der Waals surface area contributed by atoms with Crippen LogP contribution in [0.3, 0.4) is 0 Å². The van der Waals surface area contributed by atoms with E-state index in [0.29, 0.717) is 0 Å². The summed E-state index contributed by atoms with van der Waals surface area (Å²) in [6.45, 7) is 10.3. The molecule has 21 heavy (non-hydrogen) atoms. The Morgan fingerprint density at radius 1 is 0.571 bits per heavy atom. The van der Waals surface area contributed by atoms with E-state index in [0.717, 1.165) is 13.2 Å². The zero-order chi connectivity index (χ0) is 16.0. The van der Waals surface area contributed by atoms with Crippen LogP contribution in [0.25, 0.3) is 0 Å². The topological polar surface area (TPSA) is 9.23 Å². The first kappa shape index (κ1) is 23.7. The summed E-state index contributed by atoms with van der Waals surface area (Å²) in [6, 6.07) is 0. The molecule has 130 valence electrons. The van der Waals surface area contributed by atoms with Crippen molar-refractivity contribution in [3.63, 3.8) is 0 Å². The fraction of sp³-hybridized carbons (Fsp3) is 1.00. The lowest BCUT2D eigenvalue weighted by Gasteiger charge is -2.02. The van der Waals surface area contributed by atoms with Crippen LogP contribution in [0.1, 0.15) is 97.8 Å². The van der Waals surface area contributed by atoms with Gasteiger partial charge in [0.05, 0.1) is 0 Å². The van der Waals surface area contributed by atoms with Gasteiger partial charge in [-0.1, -0.05) is 77.6 Å². The smallest absolute Gasteiger partial charge is 0.0437 e. The SMILES string of the molecule is CCCCCCCCCCCCCCPC.CCOCC. The monoisotopic (exact) mass is 318 g/mol. The van der Waals surface area contributed by atoms with E-state index < -0.39 is 0 Å². The Bertz CT molecular complexity index is 135. The van der Waals surface area contributed by atoms with Crippen molar-refractivity contribution in [1.82, 2.24) is 0 Å². The highest BCUT2D eigenvalue weighted by molar-refractivity contribution is 7.36. The molecule has 0 saturated heterocycles. The second kappa shape index (κ2) is 25.3. The summed E-state index contributed by atoms with van der Waals surface area (Å²) in [7, 11) is 1.17. The number of ether oxygens (including phenoxy) is 1. The van der Waals surface area contributed by atoms with Gasteiger partial charge in [-0.05, 0) is 33.1 Å². The molecule has 0 aliphatic heterocycles. The quantitative estimate of drug-likeness (QED) is 0.232. The summed E-state index contributed by atoms with van der Waals surface area (Å²) in [5.41, 5.74) is 0. The molecule has 0 aromatic carbocycles. The highest BCUT2D eigenvalue weighted by atomic mass is 31.1. The standard InChI is InChI=1S/C15H33P.C4H10O/c1-3-4-5-6-7-8-9-10-11-12-13-14-15-16-2;1-3-5-4-2/h16H,3-15H2,1-2H3;3-4H2,1-2H3. The number of unbranched alkanes of at least 4 members (excludes halogenated alkanes) is 11. The van der Waals surface area contributed by atoms with Gasteiger partial charge >= 0.3 is 0 Å². The molecule has 0 aliphatic carbocycles. The Balaban J connectivity index is 0. The van der Waals surface area contributed by atoms with Crippen LogP contribution in [0.5, 0.6) is 0 Å². The third-order valence-corrected chi connectivity index (χ3v) is 4.54. The molecular formula is C19H43OP. The Morgan fingerprint density at radius 2 is 0.952 bits per heavy atom. The van der Waals surface area contributed by atoms with E-state index in [9.17, 15) is 0 Å². The molecule has 0 spiro atoms. The van der Waals surface area contributed by atoms with Gasteiger partial charge in [-0.2, -0.15) is 0 Å². The molecule has 1 unspecified atom stereocenters. The van der Waals surface area contributed by atoms with E-state index in [1.807, 2.05) is 13.8 Å². The molecule has 0 fully saturated rings. The number of rotatable bonds is 15. The van der Waals surface area contributed by atoms with Crippen molar-refractivity contribution in [2.75, 3.05) is 26.0 Å². The molecule has 2 heteroatoms. The third-order valence-electron chi connectivity index (χ3n) is 3.69. The Morgan fingerprint density at radius 3 is 1.24 bits per heavy atom. The molecule has 0 aromatic heterocycles. The van der Waals surface area contributed by atoms with Crippen LogP contribution >= 0.6 is 8.58 Å². The number of hydrogen-bond acceptors (Lipinski definition) is 1. The maximum atomic E-state index is 4.83. The van der Waals surface area contributed by atoms with E-state index >= 15 is 0 Å². The lowest BCUT2D eigenvalue weighted by Crippen LogP contribution is -1.84. The van der Waals surface area contributed by atoms with Crippen molar-refractivity contribution in [2.45, 2.75) is 97.8 Å². The first-order valence-corrected chi connectivity index (χ1v) is 11.3. The molecule has 0 aliphatic rings. The summed E-state index contributed by atoms with van der Waals surface area (Å²) in [4.78, 5) is 0. The van der Waals surface area contributed by atoms with E-state index in [4.69, 9.17) is 4.74 Å². The zero-order valence-electron chi connectivity index (χ0n) is 15.5. The Hall–Kier alpha value is 0.390. The van der Waals surface area contributed by atoms with Gasteiger partial charge in [0.2, 0.25) is 0 Å². The van der Waals surface area contributed by atoms with Crippen LogP contribution < -0.4 is 0 Å². The molecule has 0 rings (SSSR count). The van der Waals surface area contributed by atoms with Crippen molar-refractivity contribution in [3.05, 3.63) is 0 Å². The van der Waals surface area contributed by atoms with Crippen LogP contribution in [0, 0.1) is 0 Å². The maximum Gasteiger partial charge on any atom is 0.0437 e. The van der Waals surface area contributed by atoms with E-state index in [1.165, 1.54) is 91.8 Å². The van der Waals surface area contributed by atoms with Gasteiger partial charge in [-0.3, -0.25) is 0 Å². The largest absolute Gasteiger partial charge is 0.382 e. The van der Waals surface area contributed by atoms with Gasteiger partial charge < -0.3 is 4.74 Å². The van der Waals surface area contributed by atoms with Gasteiger partial charge in [0.1, 0.15) is 0 Å². The second-order valence-corrected chi connectivity index (χ2v) is 6.98. The second-order valence-electron chi connectivity index (χ2n) is 5.77. The van der Waals surface area contributed by atoms with Gasteiger partial charge in [-0.15, -0.1) is 8.58 Å². The molecule has 1 nitrogen and oxygen atoms in total. The molecule has 0 amide bonds. The van der Waals surface area contributed by atoms with E-state index in [2.05, 4.69) is 13.6 Å². The average molecular weight is 319 g/mol. The minimum Gasteiger partial charge on any atom is -0.382 e. The zero-order valence-corrected chi connectivity index (χ0v) is 16.5. The summed E-state index contributed by atoms with van der Waals surface area (Å²) < 4.78 is 4.83. The molecule has 0 heterocycles. The fourth-order valence-electron chi connectivity index (χ4n) is 2.35. The predicted molar refractivity (Wildman–Crippen MR) is 102 cm³/mol. The highest BCUT2D eigenvalue weighted by Gasteiger charge is 1.92. The predicted octanol–water partition coefficient (Wildman–Crippen LogP) is 7.04. The summed E-state index contributed by atoms with van der Waals surface area (Å²) >= 11 is 0. The van der Waals surface area contributed by atoms with Gasteiger partial charge in [-0.25, -0.2) is 0 Å². The minimum absolute atomic E-state index is 0.844. The lowest BCUT2D eigenvalue weighted by atomic mass is 10.1. The molecule has 0 aromatic rings.